The fourth-order valence-electron chi connectivity index (χ4n) is 1.83. The Morgan fingerprint density at radius 1 is 1.00 bits per heavy atom. The Hall–Kier alpha value is -2.62. The maximum absolute atomic E-state index is 12.9. The number of nitrogens with two attached hydrogens (primary N) is 1. The van der Waals surface area contributed by atoms with Crippen molar-refractivity contribution in [1.29, 1.82) is 0 Å². The van der Waals surface area contributed by atoms with E-state index >= 15 is 0 Å². The molecule has 2 N–H and O–H groups in total. The second kappa shape index (κ2) is 4.57. The highest BCUT2D eigenvalue weighted by Crippen LogP contribution is 2.25. The van der Waals surface area contributed by atoms with Crippen LogP contribution in [0.4, 0.5) is 10.1 Å². The van der Waals surface area contributed by atoms with Crippen LogP contribution >= 0.6 is 0 Å². The summed E-state index contributed by atoms with van der Waals surface area (Å²) in [4.78, 5) is 4.38. The fourth-order valence-corrected chi connectivity index (χ4v) is 1.83. The van der Waals surface area contributed by atoms with E-state index in [1.807, 2.05) is 12.1 Å². The maximum atomic E-state index is 12.9. The molecule has 0 aliphatic heterocycles. The van der Waals surface area contributed by atoms with E-state index in [1.165, 1.54) is 12.1 Å². The predicted molar refractivity (Wildman–Crippen MR) is 71.7 cm³/mol. The molecule has 0 unspecified atom stereocenters. The van der Waals surface area contributed by atoms with Crippen molar-refractivity contribution < 1.29 is 8.81 Å². The number of hydrogen-bond donors (Lipinski definition) is 1. The van der Waals surface area contributed by atoms with Gasteiger partial charge in [-0.15, -0.1) is 0 Å². The summed E-state index contributed by atoms with van der Waals surface area (Å²) in [5, 5.41) is 0. The summed E-state index contributed by atoms with van der Waals surface area (Å²) in [5.41, 5.74) is 8.65. The average molecular weight is 254 g/mol. The minimum absolute atomic E-state index is 0.275. The molecule has 3 nitrogen and oxygen atoms in total. The minimum Gasteiger partial charge on any atom is -0.444 e. The Morgan fingerprint density at radius 2 is 1.79 bits per heavy atom. The van der Waals surface area contributed by atoms with Crippen molar-refractivity contribution in [3.8, 4) is 22.7 Å². The molecule has 0 aliphatic carbocycles. The third-order valence-electron chi connectivity index (χ3n) is 2.78. The van der Waals surface area contributed by atoms with Gasteiger partial charge in [0.05, 0.1) is 0 Å². The highest BCUT2D eigenvalue weighted by atomic mass is 19.1. The Balaban J connectivity index is 1.97. The topological polar surface area (TPSA) is 52.0 Å². The average Bonchev–Trinajstić information content (AvgIpc) is 2.89. The first kappa shape index (κ1) is 11.5. The van der Waals surface area contributed by atoms with Crippen LogP contribution in [-0.4, -0.2) is 4.98 Å². The minimum atomic E-state index is -0.275. The molecule has 0 saturated heterocycles. The molecule has 3 aromatic rings. The number of halogens is 1. The van der Waals surface area contributed by atoms with Gasteiger partial charge in [0.1, 0.15) is 17.8 Å². The van der Waals surface area contributed by atoms with Crippen LogP contribution in [0.25, 0.3) is 22.7 Å². The first-order valence-electron chi connectivity index (χ1n) is 5.80. The summed E-state index contributed by atoms with van der Waals surface area (Å²) in [6.07, 6.45) is 1.55. The number of benzene rings is 2. The van der Waals surface area contributed by atoms with Gasteiger partial charge < -0.3 is 10.2 Å². The van der Waals surface area contributed by atoms with Crippen molar-refractivity contribution in [1.82, 2.24) is 4.98 Å². The molecule has 0 fully saturated rings. The lowest BCUT2D eigenvalue weighted by Crippen LogP contribution is -1.85. The van der Waals surface area contributed by atoms with E-state index in [4.69, 9.17) is 10.2 Å². The SMILES string of the molecule is Nc1cccc(-c2nc(-c3ccc(F)cc3)co2)c1. The van der Waals surface area contributed by atoms with Crippen molar-refractivity contribution >= 4 is 5.69 Å². The first-order valence-corrected chi connectivity index (χ1v) is 5.80. The Labute approximate surface area is 109 Å². The molecule has 19 heavy (non-hydrogen) atoms. The number of oxazole rings is 1. The fraction of sp³-hybridized carbons (Fsp3) is 0. The zero-order valence-electron chi connectivity index (χ0n) is 10.0. The Kier molecular flexibility index (Phi) is 2.76. The first-order chi connectivity index (χ1) is 9.22. The van der Waals surface area contributed by atoms with Crippen molar-refractivity contribution in [2.75, 3.05) is 5.73 Å². The van der Waals surface area contributed by atoms with Gasteiger partial charge >= 0.3 is 0 Å². The van der Waals surface area contributed by atoms with E-state index in [-0.39, 0.29) is 5.82 Å². The third-order valence-corrected chi connectivity index (χ3v) is 2.78. The molecule has 0 radical (unpaired) electrons. The van der Waals surface area contributed by atoms with Crippen LogP contribution in [0.1, 0.15) is 0 Å². The predicted octanol–water partition coefficient (Wildman–Crippen LogP) is 3.73. The summed E-state index contributed by atoms with van der Waals surface area (Å²) < 4.78 is 18.3. The normalized spacial score (nSPS) is 10.6. The van der Waals surface area contributed by atoms with Gasteiger partial charge in [0, 0.05) is 16.8 Å². The molecular formula is C15H11FN2O. The second-order valence-corrected chi connectivity index (χ2v) is 4.17. The Bertz CT molecular complexity index is 704. The van der Waals surface area contributed by atoms with E-state index in [0.29, 0.717) is 17.3 Å². The number of nitrogens with zero attached hydrogens (tertiary/aromatic N) is 1. The van der Waals surface area contributed by atoms with Crippen LogP contribution in [-0.2, 0) is 0 Å². The van der Waals surface area contributed by atoms with Crippen LogP contribution in [0.15, 0.2) is 59.2 Å². The number of anilines is 1. The maximum Gasteiger partial charge on any atom is 0.226 e. The van der Waals surface area contributed by atoms with E-state index in [2.05, 4.69) is 4.98 Å². The quantitative estimate of drug-likeness (QED) is 0.709. The summed E-state index contributed by atoms with van der Waals surface area (Å²) in [6, 6.07) is 13.4. The number of aromatic nitrogens is 1. The number of nitrogen functional groups attached to an aromatic ring is 1. The molecule has 0 spiro atoms. The lowest BCUT2D eigenvalue weighted by atomic mass is 10.1. The van der Waals surface area contributed by atoms with Gasteiger partial charge in [0.25, 0.3) is 0 Å². The second-order valence-electron chi connectivity index (χ2n) is 4.17. The molecule has 0 bridgehead atoms. The van der Waals surface area contributed by atoms with Crippen LogP contribution in [0, 0.1) is 5.82 Å². The van der Waals surface area contributed by atoms with Crippen molar-refractivity contribution in [3.63, 3.8) is 0 Å². The van der Waals surface area contributed by atoms with Gasteiger partial charge in [0.2, 0.25) is 5.89 Å². The van der Waals surface area contributed by atoms with Crippen molar-refractivity contribution in [3.05, 3.63) is 60.6 Å². The molecule has 0 saturated carbocycles. The van der Waals surface area contributed by atoms with Gasteiger partial charge in [-0.3, -0.25) is 0 Å². The van der Waals surface area contributed by atoms with Gasteiger partial charge in [-0.2, -0.15) is 0 Å². The van der Waals surface area contributed by atoms with Crippen LogP contribution in [0.3, 0.4) is 0 Å². The van der Waals surface area contributed by atoms with Crippen molar-refractivity contribution in [2.45, 2.75) is 0 Å². The standard InChI is InChI=1S/C15H11FN2O/c16-12-6-4-10(5-7-12)14-9-19-15(18-14)11-2-1-3-13(17)8-11/h1-9H,17H2. The molecule has 0 amide bonds. The lowest BCUT2D eigenvalue weighted by molar-refractivity contribution is 0.575. The smallest absolute Gasteiger partial charge is 0.226 e. The van der Waals surface area contributed by atoms with E-state index < -0.39 is 0 Å². The summed E-state index contributed by atoms with van der Waals surface area (Å²) >= 11 is 0. The van der Waals surface area contributed by atoms with Gasteiger partial charge in [-0.1, -0.05) is 6.07 Å². The molecule has 4 heteroatoms. The van der Waals surface area contributed by atoms with E-state index in [1.54, 1.807) is 30.5 Å². The third kappa shape index (κ3) is 2.33. The Morgan fingerprint density at radius 3 is 2.53 bits per heavy atom. The molecule has 1 heterocycles. The number of hydrogen-bond acceptors (Lipinski definition) is 3. The van der Waals surface area contributed by atoms with Crippen molar-refractivity contribution in [2.24, 2.45) is 0 Å². The van der Waals surface area contributed by atoms with Gasteiger partial charge in [-0.25, -0.2) is 9.37 Å². The molecule has 1 aromatic heterocycles. The number of rotatable bonds is 2. The van der Waals surface area contributed by atoms with Crippen LogP contribution < -0.4 is 5.73 Å². The largest absolute Gasteiger partial charge is 0.444 e. The van der Waals surface area contributed by atoms with E-state index in [0.717, 1.165) is 11.1 Å². The monoisotopic (exact) mass is 254 g/mol. The molecule has 0 aliphatic rings. The molecule has 0 atom stereocenters. The van der Waals surface area contributed by atoms with Gasteiger partial charge in [0.15, 0.2) is 0 Å². The van der Waals surface area contributed by atoms with Crippen LogP contribution in [0.2, 0.25) is 0 Å². The molecule has 94 valence electrons. The highest BCUT2D eigenvalue weighted by Gasteiger charge is 2.08. The summed E-state index contributed by atoms with van der Waals surface area (Å²) in [7, 11) is 0. The van der Waals surface area contributed by atoms with E-state index in [9.17, 15) is 4.39 Å². The lowest BCUT2D eigenvalue weighted by Gasteiger charge is -1.97. The molecule has 2 aromatic carbocycles. The molecular weight excluding hydrogens is 243 g/mol. The summed E-state index contributed by atoms with van der Waals surface area (Å²) in [5.74, 6) is 0.218. The highest BCUT2D eigenvalue weighted by molar-refractivity contribution is 5.64. The zero-order valence-corrected chi connectivity index (χ0v) is 10.0. The van der Waals surface area contributed by atoms with Gasteiger partial charge in [-0.05, 0) is 42.5 Å². The molecule has 3 rings (SSSR count). The zero-order chi connectivity index (χ0) is 13.2. The summed E-state index contributed by atoms with van der Waals surface area (Å²) in [6.45, 7) is 0. The van der Waals surface area contributed by atoms with Crippen LogP contribution in [0.5, 0.6) is 0 Å².